The first kappa shape index (κ1) is 22.1. The molecule has 6 heteroatoms. The Labute approximate surface area is 187 Å². The molecule has 1 N–H and O–H groups in total. The van der Waals surface area contributed by atoms with Crippen LogP contribution in [0.25, 0.3) is 10.9 Å². The number of carbonyl (C=O) groups is 2. The van der Waals surface area contributed by atoms with Crippen LogP contribution in [0.1, 0.15) is 48.2 Å². The van der Waals surface area contributed by atoms with Gasteiger partial charge in [0.15, 0.2) is 0 Å². The molecule has 0 bridgehead atoms. The van der Waals surface area contributed by atoms with Gasteiger partial charge in [-0.3, -0.25) is 4.79 Å². The molecule has 3 aromatic rings. The van der Waals surface area contributed by atoms with Crippen molar-refractivity contribution < 1.29 is 19.1 Å². The lowest BCUT2D eigenvalue weighted by Gasteiger charge is -2.33. The fraction of sp³-hybridized carbons (Fsp3) is 0.385. The molecule has 0 saturated heterocycles. The van der Waals surface area contributed by atoms with Crippen molar-refractivity contribution in [1.29, 1.82) is 0 Å². The fourth-order valence-electron chi connectivity index (χ4n) is 5.00. The summed E-state index contributed by atoms with van der Waals surface area (Å²) in [5, 5.41) is 10.5. The summed E-state index contributed by atoms with van der Waals surface area (Å²) in [5.74, 6) is -1.17. The lowest BCUT2D eigenvalue weighted by Crippen LogP contribution is -2.41. The van der Waals surface area contributed by atoms with E-state index in [4.69, 9.17) is 0 Å². The molecule has 2 atom stereocenters. The predicted molar refractivity (Wildman–Crippen MR) is 122 cm³/mol. The van der Waals surface area contributed by atoms with E-state index in [9.17, 15) is 19.1 Å². The number of aromatic nitrogens is 1. The van der Waals surface area contributed by atoms with Gasteiger partial charge in [0, 0.05) is 29.7 Å². The van der Waals surface area contributed by atoms with Crippen LogP contribution in [0.4, 0.5) is 4.39 Å². The van der Waals surface area contributed by atoms with E-state index in [0.717, 1.165) is 39.7 Å². The summed E-state index contributed by atoms with van der Waals surface area (Å²) in [4.78, 5) is 26.8. The van der Waals surface area contributed by atoms with Crippen LogP contribution < -0.4 is 0 Å². The van der Waals surface area contributed by atoms with Crippen molar-refractivity contribution in [2.24, 2.45) is 0 Å². The molecular weight excluding hydrogens is 407 g/mol. The third kappa shape index (κ3) is 3.90. The first-order chi connectivity index (χ1) is 15.3. The van der Waals surface area contributed by atoms with Crippen molar-refractivity contribution in [3.05, 3.63) is 70.7 Å². The van der Waals surface area contributed by atoms with Crippen LogP contribution >= 0.6 is 0 Å². The van der Waals surface area contributed by atoms with Gasteiger partial charge in [0.25, 0.3) is 0 Å². The van der Waals surface area contributed by atoms with Crippen molar-refractivity contribution in [3.8, 4) is 0 Å². The van der Waals surface area contributed by atoms with Crippen LogP contribution in [0, 0.1) is 12.7 Å². The van der Waals surface area contributed by atoms with E-state index < -0.39 is 12.0 Å². The molecule has 1 aliphatic carbocycles. The smallest absolute Gasteiger partial charge is 0.326 e. The number of likely N-dealkylation sites (N-methyl/N-ethyl adjacent to an activating group) is 1. The molecule has 1 heterocycles. The number of hydrogen-bond donors (Lipinski definition) is 1. The zero-order chi connectivity index (χ0) is 23.0. The summed E-state index contributed by atoms with van der Waals surface area (Å²) in [5.41, 5.74) is 4.78. The molecule has 0 fully saturated rings. The SMILES string of the molecule is CCC(C(=O)O)n1c2c(c3cc(F)ccc31)CC(N(C)C(=O)Cc1ccccc1C)CC2. The Morgan fingerprint density at radius 2 is 2.00 bits per heavy atom. The zero-order valence-corrected chi connectivity index (χ0v) is 18.8. The minimum Gasteiger partial charge on any atom is -0.480 e. The van der Waals surface area contributed by atoms with Gasteiger partial charge in [0.2, 0.25) is 5.91 Å². The van der Waals surface area contributed by atoms with Gasteiger partial charge in [-0.2, -0.15) is 0 Å². The quantitative estimate of drug-likeness (QED) is 0.610. The van der Waals surface area contributed by atoms with Gasteiger partial charge in [-0.25, -0.2) is 9.18 Å². The van der Waals surface area contributed by atoms with Gasteiger partial charge < -0.3 is 14.6 Å². The highest BCUT2D eigenvalue weighted by Crippen LogP contribution is 2.37. The highest BCUT2D eigenvalue weighted by Gasteiger charge is 2.32. The van der Waals surface area contributed by atoms with E-state index in [1.54, 1.807) is 6.07 Å². The third-order valence-electron chi connectivity index (χ3n) is 6.86. The predicted octanol–water partition coefficient (Wildman–Crippen LogP) is 4.68. The van der Waals surface area contributed by atoms with Crippen molar-refractivity contribution in [1.82, 2.24) is 9.47 Å². The van der Waals surface area contributed by atoms with Crippen LogP contribution in [-0.2, 0) is 28.9 Å². The number of amides is 1. The Kier molecular flexibility index (Phi) is 6.04. The molecule has 1 aromatic heterocycles. The Bertz CT molecular complexity index is 1180. The lowest BCUT2D eigenvalue weighted by atomic mass is 9.90. The average Bonchev–Trinajstić information content (AvgIpc) is 3.08. The second-order valence-corrected chi connectivity index (χ2v) is 8.72. The van der Waals surface area contributed by atoms with Crippen molar-refractivity contribution in [2.45, 2.75) is 58.0 Å². The van der Waals surface area contributed by atoms with E-state index in [1.807, 2.05) is 54.6 Å². The van der Waals surface area contributed by atoms with Crippen molar-refractivity contribution >= 4 is 22.8 Å². The molecule has 0 spiro atoms. The molecule has 0 aliphatic heterocycles. The molecule has 2 aromatic carbocycles. The standard InChI is InChI=1S/C26H29FN2O3/c1-4-22(26(31)32)29-23-11-9-18(27)14-20(23)21-15-19(10-12-24(21)29)28(3)25(30)13-17-8-6-5-7-16(17)2/h5-9,11,14,19,22H,4,10,12-13,15H2,1-3H3,(H,31,32). The Morgan fingerprint density at radius 1 is 1.25 bits per heavy atom. The molecule has 0 radical (unpaired) electrons. The number of hydrogen-bond acceptors (Lipinski definition) is 2. The van der Waals surface area contributed by atoms with Gasteiger partial charge in [-0.1, -0.05) is 31.2 Å². The lowest BCUT2D eigenvalue weighted by molar-refractivity contribution is -0.141. The molecule has 4 rings (SSSR count). The summed E-state index contributed by atoms with van der Waals surface area (Å²) in [6.45, 7) is 3.86. The minimum absolute atomic E-state index is 0.00811. The molecule has 0 saturated carbocycles. The summed E-state index contributed by atoms with van der Waals surface area (Å²) >= 11 is 0. The number of nitrogens with zero attached hydrogens (tertiary/aromatic N) is 2. The maximum atomic E-state index is 14.1. The molecule has 2 unspecified atom stereocenters. The summed E-state index contributed by atoms with van der Waals surface area (Å²) in [6.07, 6.45) is 2.79. The van der Waals surface area contributed by atoms with Gasteiger partial charge >= 0.3 is 5.97 Å². The number of carboxylic acid groups (broad SMARTS) is 1. The van der Waals surface area contributed by atoms with E-state index in [2.05, 4.69) is 0 Å². The van der Waals surface area contributed by atoms with Crippen LogP contribution in [0.15, 0.2) is 42.5 Å². The van der Waals surface area contributed by atoms with Crippen LogP contribution in [0.2, 0.25) is 0 Å². The van der Waals surface area contributed by atoms with Crippen molar-refractivity contribution in [3.63, 3.8) is 0 Å². The van der Waals surface area contributed by atoms with Crippen LogP contribution in [0.3, 0.4) is 0 Å². The van der Waals surface area contributed by atoms with Gasteiger partial charge in [-0.15, -0.1) is 0 Å². The monoisotopic (exact) mass is 436 g/mol. The number of halogens is 1. The molecule has 168 valence electrons. The zero-order valence-electron chi connectivity index (χ0n) is 18.8. The average molecular weight is 437 g/mol. The van der Waals surface area contributed by atoms with Crippen molar-refractivity contribution in [2.75, 3.05) is 7.05 Å². The number of carbonyl (C=O) groups excluding carboxylic acids is 1. The maximum absolute atomic E-state index is 14.1. The molecular formula is C26H29FN2O3. The maximum Gasteiger partial charge on any atom is 0.326 e. The number of benzene rings is 2. The second-order valence-electron chi connectivity index (χ2n) is 8.72. The number of carboxylic acids is 1. The number of aryl methyl sites for hydroxylation is 1. The van der Waals surface area contributed by atoms with E-state index in [1.165, 1.54) is 12.1 Å². The highest BCUT2D eigenvalue weighted by molar-refractivity contribution is 5.88. The largest absolute Gasteiger partial charge is 0.480 e. The van der Waals surface area contributed by atoms with Crippen LogP contribution in [-0.4, -0.2) is 39.5 Å². The molecule has 1 amide bonds. The van der Waals surface area contributed by atoms with Gasteiger partial charge in [0.1, 0.15) is 11.9 Å². The first-order valence-corrected chi connectivity index (χ1v) is 11.2. The normalized spacial score (nSPS) is 16.6. The van der Waals surface area contributed by atoms with Gasteiger partial charge in [-0.05, 0) is 67.5 Å². The summed E-state index contributed by atoms with van der Waals surface area (Å²) in [7, 11) is 1.84. The Balaban J connectivity index is 1.66. The van der Waals surface area contributed by atoms with Crippen LogP contribution in [0.5, 0.6) is 0 Å². The Morgan fingerprint density at radius 3 is 2.69 bits per heavy atom. The Hall–Kier alpha value is -3.15. The van der Waals surface area contributed by atoms with Gasteiger partial charge in [0.05, 0.1) is 6.42 Å². The fourth-order valence-corrected chi connectivity index (χ4v) is 5.00. The highest BCUT2D eigenvalue weighted by atomic mass is 19.1. The molecule has 5 nitrogen and oxygen atoms in total. The van der Waals surface area contributed by atoms with E-state index in [0.29, 0.717) is 25.7 Å². The molecule has 1 aliphatic rings. The topological polar surface area (TPSA) is 62.5 Å². The second kappa shape index (κ2) is 8.77. The molecule has 32 heavy (non-hydrogen) atoms. The number of fused-ring (bicyclic) bond motifs is 3. The minimum atomic E-state index is -0.885. The number of rotatable bonds is 6. The first-order valence-electron chi connectivity index (χ1n) is 11.2. The number of aliphatic carboxylic acids is 1. The van der Waals surface area contributed by atoms with E-state index in [-0.39, 0.29) is 17.8 Å². The third-order valence-corrected chi connectivity index (χ3v) is 6.86. The summed E-state index contributed by atoms with van der Waals surface area (Å²) < 4.78 is 16.0. The van der Waals surface area contributed by atoms with E-state index >= 15 is 0 Å². The summed E-state index contributed by atoms with van der Waals surface area (Å²) in [6, 6.07) is 11.7.